The molecule has 0 spiro atoms. The van der Waals surface area contributed by atoms with Gasteiger partial charge in [0.2, 0.25) is 0 Å². The van der Waals surface area contributed by atoms with Crippen LogP contribution >= 0.6 is 27.5 Å². The predicted molar refractivity (Wildman–Crippen MR) is 81.2 cm³/mol. The SMILES string of the molecule is CNC(c1cc(C)cc(Br)c1)c1ccccc1Cl. The van der Waals surface area contributed by atoms with Crippen LogP contribution in [0.15, 0.2) is 46.9 Å². The monoisotopic (exact) mass is 323 g/mol. The van der Waals surface area contributed by atoms with Gasteiger partial charge < -0.3 is 5.32 Å². The minimum Gasteiger partial charge on any atom is -0.309 e. The minimum atomic E-state index is 0.106. The van der Waals surface area contributed by atoms with Gasteiger partial charge in [-0.25, -0.2) is 0 Å². The second-order valence-electron chi connectivity index (χ2n) is 4.31. The summed E-state index contributed by atoms with van der Waals surface area (Å²) in [4.78, 5) is 0. The van der Waals surface area contributed by atoms with Crippen LogP contribution in [0.1, 0.15) is 22.7 Å². The van der Waals surface area contributed by atoms with Crippen molar-refractivity contribution in [3.63, 3.8) is 0 Å². The molecule has 0 radical (unpaired) electrons. The molecule has 0 amide bonds. The van der Waals surface area contributed by atoms with Crippen molar-refractivity contribution in [3.8, 4) is 0 Å². The minimum absolute atomic E-state index is 0.106. The Bertz CT molecular complexity index is 534. The molecule has 0 saturated heterocycles. The highest BCUT2D eigenvalue weighted by molar-refractivity contribution is 9.10. The highest BCUT2D eigenvalue weighted by atomic mass is 79.9. The Kier molecular flexibility index (Phi) is 4.44. The molecule has 2 rings (SSSR count). The Hall–Kier alpha value is -0.830. The third-order valence-electron chi connectivity index (χ3n) is 2.90. The van der Waals surface area contributed by atoms with E-state index in [9.17, 15) is 0 Å². The van der Waals surface area contributed by atoms with Crippen LogP contribution in [0, 0.1) is 6.92 Å². The smallest absolute Gasteiger partial charge is 0.0589 e. The van der Waals surface area contributed by atoms with Crippen molar-refractivity contribution in [2.45, 2.75) is 13.0 Å². The zero-order chi connectivity index (χ0) is 13.1. The van der Waals surface area contributed by atoms with Gasteiger partial charge in [0.25, 0.3) is 0 Å². The molecule has 1 N–H and O–H groups in total. The standard InChI is InChI=1S/C15H15BrClN/c1-10-7-11(9-12(16)8-10)15(18-2)13-5-3-4-6-14(13)17/h3-9,15,18H,1-2H3. The van der Waals surface area contributed by atoms with Crippen molar-refractivity contribution in [1.82, 2.24) is 5.32 Å². The summed E-state index contributed by atoms with van der Waals surface area (Å²) < 4.78 is 1.09. The van der Waals surface area contributed by atoms with Crippen molar-refractivity contribution < 1.29 is 0 Å². The summed E-state index contributed by atoms with van der Waals surface area (Å²) in [6, 6.07) is 14.4. The van der Waals surface area contributed by atoms with E-state index in [0.29, 0.717) is 0 Å². The van der Waals surface area contributed by atoms with E-state index < -0.39 is 0 Å². The van der Waals surface area contributed by atoms with Crippen molar-refractivity contribution >= 4 is 27.5 Å². The lowest BCUT2D eigenvalue weighted by atomic mass is 9.97. The first kappa shape index (κ1) is 13.6. The van der Waals surface area contributed by atoms with Crippen LogP contribution in [0.5, 0.6) is 0 Å². The van der Waals surface area contributed by atoms with E-state index in [-0.39, 0.29) is 6.04 Å². The van der Waals surface area contributed by atoms with Gasteiger partial charge in [-0.2, -0.15) is 0 Å². The van der Waals surface area contributed by atoms with E-state index in [2.05, 4.69) is 52.4 Å². The molecule has 0 aromatic heterocycles. The first-order valence-electron chi connectivity index (χ1n) is 5.80. The number of aryl methyl sites for hydroxylation is 1. The van der Waals surface area contributed by atoms with Gasteiger partial charge >= 0.3 is 0 Å². The lowest BCUT2D eigenvalue weighted by molar-refractivity contribution is 0.691. The first-order valence-corrected chi connectivity index (χ1v) is 6.97. The predicted octanol–water partition coefficient (Wildman–Crippen LogP) is 4.72. The summed E-state index contributed by atoms with van der Waals surface area (Å²) in [5, 5.41) is 4.11. The Morgan fingerprint density at radius 1 is 1.17 bits per heavy atom. The lowest BCUT2D eigenvalue weighted by Gasteiger charge is -2.19. The van der Waals surface area contributed by atoms with E-state index >= 15 is 0 Å². The summed E-state index contributed by atoms with van der Waals surface area (Å²) in [5.41, 5.74) is 3.53. The number of rotatable bonds is 3. The number of nitrogens with one attached hydrogen (secondary N) is 1. The van der Waals surface area contributed by atoms with Crippen molar-refractivity contribution in [2.24, 2.45) is 0 Å². The number of halogens is 2. The van der Waals surface area contributed by atoms with E-state index in [1.54, 1.807) is 0 Å². The molecule has 1 nitrogen and oxygen atoms in total. The summed E-state index contributed by atoms with van der Waals surface area (Å²) in [7, 11) is 1.95. The second kappa shape index (κ2) is 5.87. The molecule has 2 aromatic carbocycles. The molecule has 2 aromatic rings. The van der Waals surface area contributed by atoms with Gasteiger partial charge in [0.15, 0.2) is 0 Å². The van der Waals surface area contributed by atoms with Gasteiger partial charge in [0, 0.05) is 9.50 Å². The zero-order valence-corrected chi connectivity index (χ0v) is 12.7. The van der Waals surface area contributed by atoms with Gasteiger partial charge in [-0.15, -0.1) is 0 Å². The lowest BCUT2D eigenvalue weighted by Crippen LogP contribution is -2.18. The number of benzene rings is 2. The molecule has 1 atom stereocenters. The van der Waals surface area contributed by atoms with Crippen molar-refractivity contribution in [3.05, 3.63) is 68.7 Å². The quantitative estimate of drug-likeness (QED) is 0.861. The van der Waals surface area contributed by atoms with Crippen LogP contribution in [0.25, 0.3) is 0 Å². The summed E-state index contributed by atoms with van der Waals surface area (Å²) in [5.74, 6) is 0. The Balaban J connectivity index is 2.48. The Morgan fingerprint density at radius 2 is 1.89 bits per heavy atom. The second-order valence-corrected chi connectivity index (χ2v) is 5.63. The van der Waals surface area contributed by atoms with Gasteiger partial charge in [0.05, 0.1) is 6.04 Å². The zero-order valence-electron chi connectivity index (χ0n) is 10.4. The average Bonchev–Trinajstić information content (AvgIpc) is 2.31. The topological polar surface area (TPSA) is 12.0 Å². The van der Waals surface area contributed by atoms with E-state index in [1.165, 1.54) is 11.1 Å². The summed E-state index contributed by atoms with van der Waals surface area (Å²) >= 11 is 9.82. The van der Waals surface area contributed by atoms with Crippen LogP contribution in [0.2, 0.25) is 5.02 Å². The molecular formula is C15H15BrClN. The molecule has 18 heavy (non-hydrogen) atoms. The highest BCUT2D eigenvalue weighted by Crippen LogP contribution is 2.30. The van der Waals surface area contributed by atoms with E-state index in [4.69, 9.17) is 11.6 Å². The molecular weight excluding hydrogens is 310 g/mol. The maximum absolute atomic E-state index is 6.28. The summed E-state index contributed by atoms with van der Waals surface area (Å²) in [6.07, 6.45) is 0. The van der Waals surface area contributed by atoms with E-state index in [0.717, 1.165) is 15.1 Å². The number of hydrogen-bond donors (Lipinski definition) is 1. The van der Waals surface area contributed by atoms with Crippen LogP contribution in [-0.4, -0.2) is 7.05 Å². The first-order chi connectivity index (χ1) is 8.61. The molecule has 0 heterocycles. The Labute approximate surface area is 121 Å². The van der Waals surface area contributed by atoms with Gasteiger partial charge in [-0.05, 0) is 48.9 Å². The third-order valence-corrected chi connectivity index (χ3v) is 3.70. The summed E-state index contributed by atoms with van der Waals surface area (Å²) in [6.45, 7) is 2.09. The fourth-order valence-corrected chi connectivity index (χ4v) is 3.01. The average molecular weight is 325 g/mol. The normalized spacial score (nSPS) is 12.4. The molecule has 0 fully saturated rings. The third kappa shape index (κ3) is 2.94. The molecule has 0 aliphatic rings. The van der Waals surface area contributed by atoms with Gasteiger partial charge in [0.1, 0.15) is 0 Å². The van der Waals surface area contributed by atoms with Crippen LogP contribution in [-0.2, 0) is 0 Å². The van der Waals surface area contributed by atoms with Crippen molar-refractivity contribution in [2.75, 3.05) is 7.05 Å². The van der Waals surface area contributed by atoms with E-state index in [1.807, 2.05) is 25.2 Å². The van der Waals surface area contributed by atoms with Gasteiger partial charge in [-0.3, -0.25) is 0 Å². The highest BCUT2D eigenvalue weighted by Gasteiger charge is 2.15. The van der Waals surface area contributed by atoms with Crippen LogP contribution in [0.4, 0.5) is 0 Å². The number of hydrogen-bond acceptors (Lipinski definition) is 1. The molecule has 3 heteroatoms. The molecule has 0 saturated carbocycles. The molecule has 94 valence electrons. The van der Waals surface area contributed by atoms with Gasteiger partial charge in [-0.1, -0.05) is 51.8 Å². The molecule has 1 unspecified atom stereocenters. The largest absolute Gasteiger partial charge is 0.309 e. The fraction of sp³-hybridized carbons (Fsp3) is 0.200. The maximum Gasteiger partial charge on any atom is 0.0589 e. The Morgan fingerprint density at radius 3 is 2.50 bits per heavy atom. The van der Waals surface area contributed by atoms with Crippen molar-refractivity contribution in [1.29, 1.82) is 0 Å². The molecule has 0 aliphatic heterocycles. The maximum atomic E-state index is 6.28. The fourth-order valence-electron chi connectivity index (χ4n) is 2.14. The molecule has 0 bridgehead atoms. The molecule has 0 aliphatic carbocycles. The van der Waals surface area contributed by atoms with Crippen LogP contribution in [0.3, 0.4) is 0 Å². The van der Waals surface area contributed by atoms with Crippen LogP contribution < -0.4 is 5.32 Å².